The fourth-order valence-electron chi connectivity index (χ4n) is 3.28. The van der Waals surface area contributed by atoms with Crippen molar-refractivity contribution >= 4 is 24.2 Å². The lowest BCUT2D eigenvalue weighted by atomic mass is 9.86. The summed E-state index contributed by atoms with van der Waals surface area (Å²) in [5.41, 5.74) is 5.70. The van der Waals surface area contributed by atoms with E-state index in [9.17, 15) is 24.3 Å². The average Bonchev–Trinajstić information content (AvgIpc) is 2.87. The molecule has 11 nitrogen and oxygen atoms in total. The van der Waals surface area contributed by atoms with Crippen LogP contribution >= 0.6 is 0 Å². The smallest absolute Gasteiger partial charge is 0.480 e. The average molecular weight is 582 g/mol. The number of aliphatic carboxylic acids is 1. The molecule has 0 aliphatic heterocycles. The van der Waals surface area contributed by atoms with E-state index in [1.807, 2.05) is 34.6 Å². The van der Waals surface area contributed by atoms with Crippen molar-refractivity contribution in [1.82, 2.24) is 0 Å². The Bertz CT molecular complexity index is 1050. The van der Waals surface area contributed by atoms with Gasteiger partial charge in [-0.3, -0.25) is 9.59 Å². The van der Waals surface area contributed by atoms with E-state index in [1.54, 1.807) is 34.6 Å². The third-order valence-electron chi connectivity index (χ3n) is 7.27. The molecule has 0 aliphatic rings. The highest BCUT2D eigenvalue weighted by atomic mass is 16.7. The SMILES string of the molecule is CCC(C)(C)C(=O)OC(C)CC(c1ccc(OC(=O)OC(C)C(C)C)c(OC(=O)OC(C)C(C)C)c1)[C@H](N)C(=O)O. The highest BCUT2D eigenvalue weighted by Crippen LogP contribution is 2.35. The van der Waals surface area contributed by atoms with Gasteiger partial charge in [-0.25, -0.2) is 9.59 Å². The number of rotatable bonds is 14. The van der Waals surface area contributed by atoms with Crippen molar-refractivity contribution in [1.29, 1.82) is 0 Å². The number of hydrogen-bond acceptors (Lipinski definition) is 10. The van der Waals surface area contributed by atoms with Gasteiger partial charge in [0.25, 0.3) is 0 Å². The molecule has 232 valence electrons. The Balaban J connectivity index is 3.42. The Morgan fingerprint density at radius 3 is 1.76 bits per heavy atom. The molecule has 5 atom stereocenters. The van der Waals surface area contributed by atoms with Crippen LogP contribution < -0.4 is 15.2 Å². The number of carboxylic acid groups (broad SMARTS) is 1. The topological polar surface area (TPSA) is 161 Å². The highest BCUT2D eigenvalue weighted by Gasteiger charge is 2.33. The summed E-state index contributed by atoms with van der Waals surface area (Å²) in [6.07, 6.45) is -3.03. The highest BCUT2D eigenvalue weighted by molar-refractivity contribution is 5.76. The van der Waals surface area contributed by atoms with E-state index >= 15 is 0 Å². The summed E-state index contributed by atoms with van der Waals surface area (Å²) in [5, 5.41) is 9.72. The first-order chi connectivity index (χ1) is 18.9. The van der Waals surface area contributed by atoms with E-state index in [4.69, 9.17) is 29.4 Å². The maximum atomic E-state index is 12.6. The summed E-state index contributed by atoms with van der Waals surface area (Å²) < 4.78 is 26.9. The van der Waals surface area contributed by atoms with Crippen molar-refractivity contribution in [3.05, 3.63) is 23.8 Å². The molecule has 3 N–H and O–H groups in total. The fourth-order valence-corrected chi connectivity index (χ4v) is 3.28. The number of benzene rings is 1. The van der Waals surface area contributed by atoms with Gasteiger partial charge in [0.15, 0.2) is 11.5 Å². The first-order valence-electron chi connectivity index (χ1n) is 14.0. The molecule has 0 heterocycles. The Labute approximate surface area is 243 Å². The molecule has 4 unspecified atom stereocenters. The van der Waals surface area contributed by atoms with E-state index in [1.165, 1.54) is 18.2 Å². The number of carbonyl (C=O) groups excluding carboxylic acids is 3. The van der Waals surface area contributed by atoms with Crippen LogP contribution in [0.2, 0.25) is 0 Å². The second-order valence-electron chi connectivity index (χ2n) is 11.7. The molecule has 0 spiro atoms. The van der Waals surface area contributed by atoms with E-state index in [2.05, 4.69) is 0 Å². The van der Waals surface area contributed by atoms with Crippen LogP contribution in [0.15, 0.2) is 18.2 Å². The first-order valence-corrected chi connectivity index (χ1v) is 14.0. The summed E-state index contributed by atoms with van der Waals surface area (Å²) in [4.78, 5) is 49.5. The van der Waals surface area contributed by atoms with Gasteiger partial charge in [-0.05, 0) is 77.0 Å². The molecule has 0 saturated heterocycles. The monoisotopic (exact) mass is 581 g/mol. The number of hydrogen-bond donors (Lipinski definition) is 2. The Morgan fingerprint density at radius 1 is 0.829 bits per heavy atom. The van der Waals surface area contributed by atoms with Crippen molar-refractivity contribution in [2.24, 2.45) is 23.0 Å². The van der Waals surface area contributed by atoms with E-state index in [-0.39, 0.29) is 29.8 Å². The number of carboxylic acids is 1. The van der Waals surface area contributed by atoms with Gasteiger partial charge in [0.2, 0.25) is 0 Å². The van der Waals surface area contributed by atoms with Gasteiger partial charge in [0.1, 0.15) is 18.2 Å². The molecule has 0 amide bonds. The molecule has 1 rings (SSSR count). The summed E-state index contributed by atoms with van der Waals surface area (Å²) in [6, 6.07) is 2.82. The lowest BCUT2D eigenvalue weighted by Gasteiger charge is -2.28. The second-order valence-corrected chi connectivity index (χ2v) is 11.7. The molecular formula is C30H47NO10. The van der Waals surface area contributed by atoms with Crippen molar-refractivity contribution in [2.75, 3.05) is 0 Å². The lowest BCUT2D eigenvalue weighted by Crippen LogP contribution is -2.39. The van der Waals surface area contributed by atoms with Crippen molar-refractivity contribution in [3.8, 4) is 11.5 Å². The standard InChI is InChI=1S/C30H47NO10/c1-11-30(9,10)27(34)37-18(6)14-22(25(31)26(32)33)21-12-13-23(40-28(35)38-19(7)16(2)3)24(15-21)41-29(36)39-20(8)17(4)5/h12-13,15-20,22,25H,11,14,31H2,1-10H3,(H,32,33)/t18?,19?,20?,22?,25-/m0/s1. The molecule has 1 aromatic carbocycles. The molecule has 0 saturated carbocycles. The molecule has 0 bridgehead atoms. The zero-order chi connectivity index (χ0) is 31.7. The van der Waals surface area contributed by atoms with Gasteiger partial charge < -0.3 is 34.5 Å². The molecule has 0 aromatic heterocycles. The molecule has 1 aromatic rings. The third kappa shape index (κ3) is 11.2. The number of ether oxygens (including phenoxy) is 5. The molecule has 41 heavy (non-hydrogen) atoms. The maximum Gasteiger partial charge on any atom is 0.514 e. The van der Waals surface area contributed by atoms with E-state index < -0.39 is 59.9 Å². The fraction of sp³-hybridized carbons (Fsp3) is 0.667. The van der Waals surface area contributed by atoms with Gasteiger partial charge >= 0.3 is 24.2 Å². The number of carbonyl (C=O) groups is 4. The third-order valence-corrected chi connectivity index (χ3v) is 7.27. The Kier molecular flexibility index (Phi) is 13.6. The van der Waals surface area contributed by atoms with Crippen LogP contribution in [-0.2, 0) is 23.8 Å². The van der Waals surface area contributed by atoms with Gasteiger partial charge in [-0.15, -0.1) is 0 Å². The van der Waals surface area contributed by atoms with E-state index in [0.29, 0.717) is 12.0 Å². The molecule has 11 heteroatoms. The second kappa shape index (κ2) is 15.6. The Morgan fingerprint density at radius 2 is 1.32 bits per heavy atom. The van der Waals surface area contributed by atoms with Crippen molar-refractivity contribution in [2.45, 2.75) is 112 Å². The van der Waals surface area contributed by atoms with Gasteiger partial charge in [-0.1, -0.05) is 40.7 Å². The Hall–Kier alpha value is -3.34. The quantitative estimate of drug-likeness (QED) is 0.149. The predicted octanol–water partition coefficient (Wildman–Crippen LogP) is 6.06. The van der Waals surface area contributed by atoms with Crippen LogP contribution in [0.3, 0.4) is 0 Å². The summed E-state index contributed by atoms with van der Waals surface area (Å²) in [7, 11) is 0. The number of esters is 1. The largest absolute Gasteiger partial charge is 0.514 e. The zero-order valence-corrected chi connectivity index (χ0v) is 25.9. The van der Waals surface area contributed by atoms with Gasteiger partial charge in [0.05, 0.1) is 11.5 Å². The summed E-state index contributed by atoms with van der Waals surface area (Å²) in [6.45, 7) is 17.9. The van der Waals surface area contributed by atoms with Crippen molar-refractivity contribution in [3.63, 3.8) is 0 Å². The minimum Gasteiger partial charge on any atom is -0.480 e. The van der Waals surface area contributed by atoms with Crippen LogP contribution in [0, 0.1) is 17.3 Å². The summed E-state index contributed by atoms with van der Waals surface area (Å²) in [5.74, 6) is -2.86. The molecular weight excluding hydrogens is 534 g/mol. The van der Waals surface area contributed by atoms with Crippen LogP contribution in [-0.4, -0.2) is 53.7 Å². The van der Waals surface area contributed by atoms with Crippen LogP contribution in [0.25, 0.3) is 0 Å². The van der Waals surface area contributed by atoms with Gasteiger partial charge in [-0.2, -0.15) is 0 Å². The maximum absolute atomic E-state index is 12.6. The molecule has 0 aliphatic carbocycles. The first kappa shape index (κ1) is 35.7. The number of nitrogens with two attached hydrogens (primary N) is 1. The van der Waals surface area contributed by atoms with Crippen LogP contribution in [0.5, 0.6) is 11.5 Å². The lowest BCUT2D eigenvalue weighted by molar-refractivity contribution is -0.159. The minimum atomic E-state index is -1.39. The van der Waals surface area contributed by atoms with Crippen molar-refractivity contribution < 1.29 is 48.0 Å². The normalized spacial score (nSPS) is 15.3. The zero-order valence-electron chi connectivity index (χ0n) is 25.9. The summed E-state index contributed by atoms with van der Waals surface area (Å²) >= 11 is 0. The molecule has 0 fully saturated rings. The van der Waals surface area contributed by atoms with Crippen LogP contribution in [0.4, 0.5) is 9.59 Å². The minimum absolute atomic E-state index is 0.0110. The molecule has 0 radical (unpaired) electrons. The van der Waals surface area contributed by atoms with E-state index in [0.717, 1.165) is 0 Å². The predicted molar refractivity (Wildman–Crippen MR) is 152 cm³/mol. The van der Waals surface area contributed by atoms with Crippen LogP contribution in [0.1, 0.15) is 93.6 Å². The van der Waals surface area contributed by atoms with Gasteiger partial charge in [0, 0.05) is 5.92 Å².